The zero-order valence-corrected chi connectivity index (χ0v) is 21.4. The molecule has 37 heavy (non-hydrogen) atoms. The fourth-order valence-electron chi connectivity index (χ4n) is 4.85. The van der Waals surface area contributed by atoms with Gasteiger partial charge >= 0.3 is 5.97 Å². The molecule has 1 saturated heterocycles. The average Bonchev–Trinajstić information content (AvgIpc) is 3.27. The van der Waals surface area contributed by atoms with Crippen LogP contribution in [0.1, 0.15) is 34.3 Å². The minimum atomic E-state index is -0.975. The quantitative estimate of drug-likeness (QED) is 0.361. The van der Waals surface area contributed by atoms with Crippen molar-refractivity contribution in [1.29, 1.82) is 0 Å². The van der Waals surface area contributed by atoms with E-state index < -0.39 is 5.97 Å². The first-order valence-corrected chi connectivity index (χ1v) is 12.4. The van der Waals surface area contributed by atoms with Crippen LogP contribution >= 0.6 is 12.2 Å². The topological polar surface area (TPSA) is 105 Å². The van der Waals surface area contributed by atoms with Crippen LogP contribution in [0.5, 0.6) is 11.5 Å². The van der Waals surface area contributed by atoms with E-state index in [0.29, 0.717) is 23.9 Å². The molecule has 0 amide bonds. The molecule has 3 N–H and O–H groups in total. The predicted molar refractivity (Wildman–Crippen MR) is 145 cm³/mol. The third kappa shape index (κ3) is 4.55. The first kappa shape index (κ1) is 24.8. The van der Waals surface area contributed by atoms with Crippen molar-refractivity contribution in [2.75, 3.05) is 20.8 Å². The van der Waals surface area contributed by atoms with Gasteiger partial charge in [-0.05, 0) is 43.2 Å². The van der Waals surface area contributed by atoms with E-state index in [2.05, 4.69) is 15.7 Å². The smallest absolute Gasteiger partial charge is 0.335 e. The number of amidine groups is 1. The number of ether oxygens (including phenoxy) is 2. The van der Waals surface area contributed by atoms with Crippen LogP contribution < -0.4 is 20.2 Å². The van der Waals surface area contributed by atoms with Crippen molar-refractivity contribution in [3.8, 4) is 11.5 Å². The number of allylic oxidation sites excluding steroid dienone is 1. The minimum absolute atomic E-state index is 0.0395. The van der Waals surface area contributed by atoms with E-state index in [0.717, 1.165) is 46.9 Å². The molecule has 3 aliphatic heterocycles. The lowest BCUT2D eigenvalue weighted by molar-refractivity contribution is -0.791. The Morgan fingerprint density at radius 2 is 2.03 bits per heavy atom. The number of thiocarbonyl (C=S) groups is 1. The van der Waals surface area contributed by atoms with Gasteiger partial charge in [0.15, 0.2) is 0 Å². The number of hydrogen-bond acceptors (Lipinski definition) is 7. The fraction of sp³-hybridized carbons (Fsp3) is 0.259. The van der Waals surface area contributed by atoms with Gasteiger partial charge in [-0.3, -0.25) is 4.99 Å². The van der Waals surface area contributed by atoms with Crippen molar-refractivity contribution in [3.05, 3.63) is 82.9 Å². The lowest BCUT2D eigenvalue weighted by Gasteiger charge is -2.33. The van der Waals surface area contributed by atoms with E-state index in [1.807, 2.05) is 30.6 Å². The SMILES string of the molecule is COc1ccc(CN[N+]23C=CN=CC2=C(C2CCCNC2=S)N=C3c2ccc(C(=O)O)cc2)c(OC)c1. The standard InChI is InChI=1S/C27H27N5O4S/c1-35-20-10-9-19(23(14-20)36-2)15-30-32-13-12-28-16-22(32)24(21-4-3-11-29-26(21)37)31-25(32)17-5-7-18(8-6-17)27(33)34/h5-10,12-14,16,21,30H,3-4,11,15H2,1-2H3,(H-,29,33,34,37)/p+1. The van der Waals surface area contributed by atoms with Crippen LogP contribution in [-0.4, -0.2) is 53.5 Å². The third-order valence-electron chi connectivity index (χ3n) is 6.79. The maximum absolute atomic E-state index is 11.5. The molecule has 9 nitrogen and oxygen atoms in total. The summed E-state index contributed by atoms with van der Waals surface area (Å²) in [6.45, 7) is 1.30. The number of carboxylic acids is 1. The van der Waals surface area contributed by atoms with Gasteiger partial charge in [0.1, 0.15) is 23.4 Å². The first-order chi connectivity index (χ1) is 18.0. The van der Waals surface area contributed by atoms with Crippen LogP contribution in [0.15, 0.2) is 76.2 Å². The molecule has 10 heteroatoms. The number of rotatable bonds is 8. The molecule has 2 aromatic carbocycles. The van der Waals surface area contributed by atoms with E-state index in [4.69, 9.17) is 26.7 Å². The summed E-state index contributed by atoms with van der Waals surface area (Å²) in [5.74, 6) is 1.11. The number of carbonyl (C=O) groups is 1. The zero-order chi connectivity index (χ0) is 26.0. The van der Waals surface area contributed by atoms with Crippen molar-refractivity contribution >= 4 is 35.2 Å². The lowest BCUT2D eigenvalue weighted by atomic mass is 9.95. The summed E-state index contributed by atoms with van der Waals surface area (Å²) in [5, 5.41) is 12.7. The highest BCUT2D eigenvalue weighted by atomic mass is 32.1. The highest BCUT2D eigenvalue weighted by Gasteiger charge is 2.49. The number of nitrogens with zero attached hydrogens (tertiary/aromatic N) is 3. The molecule has 0 spiro atoms. The van der Waals surface area contributed by atoms with Gasteiger partial charge < -0.3 is 19.9 Å². The number of aliphatic imine (C=N–C) groups is 2. The van der Waals surface area contributed by atoms with Gasteiger partial charge in [0.25, 0.3) is 5.84 Å². The molecular formula is C27H28N5O4S+. The minimum Gasteiger partial charge on any atom is -0.497 e. The van der Waals surface area contributed by atoms with Gasteiger partial charge in [0.2, 0.25) is 5.70 Å². The Morgan fingerprint density at radius 3 is 2.73 bits per heavy atom. The van der Waals surface area contributed by atoms with Crippen LogP contribution in [0, 0.1) is 5.92 Å². The number of nitrogens with one attached hydrogen (secondary N) is 2. The predicted octanol–water partition coefficient (Wildman–Crippen LogP) is 3.78. The maximum atomic E-state index is 11.5. The van der Waals surface area contributed by atoms with Gasteiger partial charge in [-0.1, -0.05) is 18.3 Å². The summed E-state index contributed by atoms with van der Waals surface area (Å²) in [5.41, 5.74) is 7.35. The number of fused-ring (bicyclic) bond motifs is 1. The van der Waals surface area contributed by atoms with Crippen molar-refractivity contribution in [2.24, 2.45) is 15.9 Å². The van der Waals surface area contributed by atoms with E-state index in [1.54, 1.807) is 44.7 Å². The Labute approximate surface area is 220 Å². The summed E-state index contributed by atoms with van der Waals surface area (Å²) >= 11 is 5.69. The second-order valence-electron chi connectivity index (χ2n) is 8.89. The molecule has 0 aromatic heterocycles. The maximum Gasteiger partial charge on any atom is 0.335 e. The molecule has 190 valence electrons. The van der Waals surface area contributed by atoms with E-state index in [1.165, 1.54) is 0 Å². The number of aromatic carboxylic acids is 1. The van der Waals surface area contributed by atoms with E-state index in [-0.39, 0.29) is 16.1 Å². The lowest BCUT2D eigenvalue weighted by Crippen LogP contribution is -2.56. The molecule has 3 heterocycles. The van der Waals surface area contributed by atoms with Crippen molar-refractivity contribution in [2.45, 2.75) is 19.4 Å². The largest absolute Gasteiger partial charge is 0.497 e. The summed E-state index contributed by atoms with van der Waals surface area (Å²) in [6, 6.07) is 12.5. The Bertz CT molecular complexity index is 1370. The van der Waals surface area contributed by atoms with Gasteiger partial charge in [0, 0.05) is 18.2 Å². The zero-order valence-electron chi connectivity index (χ0n) is 20.6. The highest BCUT2D eigenvalue weighted by molar-refractivity contribution is 7.80. The van der Waals surface area contributed by atoms with Crippen LogP contribution in [0.3, 0.4) is 0 Å². The Hall–Kier alpha value is -3.86. The Kier molecular flexibility index (Phi) is 6.88. The molecule has 0 bridgehead atoms. The first-order valence-electron chi connectivity index (χ1n) is 12.0. The van der Waals surface area contributed by atoms with Crippen LogP contribution in [-0.2, 0) is 6.54 Å². The number of quaternary nitrogens is 1. The van der Waals surface area contributed by atoms with Gasteiger partial charge in [-0.2, -0.15) is 4.99 Å². The molecule has 0 saturated carbocycles. The molecule has 3 aliphatic rings. The van der Waals surface area contributed by atoms with Crippen LogP contribution in [0.4, 0.5) is 0 Å². The van der Waals surface area contributed by atoms with Gasteiger partial charge in [-0.25, -0.2) is 4.79 Å². The second kappa shape index (κ2) is 10.3. The molecule has 0 radical (unpaired) electrons. The van der Waals surface area contributed by atoms with Crippen molar-refractivity contribution in [3.63, 3.8) is 0 Å². The number of piperidine rings is 1. The monoisotopic (exact) mass is 518 g/mol. The molecule has 0 aliphatic carbocycles. The highest BCUT2D eigenvalue weighted by Crippen LogP contribution is 2.39. The second-order valence-corrected chi connectivity index (χ2v) is 9.33. The van der Waals surface area contributed by atoms with Gasteiger partial charge in [-0.15, -0.1) is 10.0 Å². The molecule has 2 aromatic rings. The molecule has 2 atom stereocenters. The number of hydrogen-bond donors (Lipinski definition) is 3. The number of carboxylic acid groups (broad SMARTS) is 1. The van der Waals surface area contributed by atoms with Crippen molar-refractivity contribution < 1.29 is 24.0 Å². The number of benzene rings is 2. The van der Waals surface area contributed by atoms with Gasteiger partial charge in [0.05, 0.1) is 55.2 Å². The van der Waals surface area contributed by atoms with Crippen LogP contribution in [0.2, 0.25) is 0 Å². The summed E-state index contributed by atoms with van der Waals surface area (Å²) in [4.78, 5) is 21.8. The molecular weight excluding hydrogens is 490 g/mol. The average molecular weight is 519 g/mol. The summed E-state index contributed by atoms with van der Waals surface area (Å²) in [7, 11) is 3.25. The molecule has 5 rings (SSSR count). The van der Waals surface area contributed by atoms with Crippen LogP contribution in [0.25, 0.3) is 0 Å². The number of methoxy groups -OCH3 is 2. The summed E-state index contributed by atoms with van der Waals surface area (Å²) < 4.78 is 11.1. The molecule has 2 unspecified atom stereocenters. The van der Waals surface area contributed by atoms with E-state index in [9.17, 15) is 9.90 Å². The molecule has 1 fully saturated rings. The Morgan fingerprint density at radius 1 is 1.22 bits per heavy atom. The van der Waals surface area contributed by atoms with E-state index >= 15 is 0 Å². The third-order valence-corrected chi connectivity index (χ3v) is 7.22. The Balaban J connectivity index is 1.59. The van der Waals surface area contributed by atoms with Crippen molar-refractivity contribution in [1.82, 2.24) is 10.7 Å². The normalized spacial score (nSPS) is 22.4. The summed E-state index contributed by atoms with van der Waals surface area (Å²) in [6.07, 6.45) is 7.39. The fourth-order valence-corrected chi connectivity index (χ4v) is 5.18.